The molecule has 2 atom stereocenters. The predicted octanol–water partition coefficient (Wildman–Crippen LogP) is 3.62. The molecule has 4 heteroatoms. The monoisotopic (exact) mass is 259 g/mol. The Morgan fingerprint density at radius 1 is 1.62 bits per heavy atom. The lowest BCUT2D eigenvalue weighted by atomic mass is 10.1. The molecule has 1 aliphatic rings. The lowest BCUT2D eigenvalue weighted by Gasteiger charge is -2.18. The van der Waals surface area contributed by atoms with Gasteiger partial charge in [0.05, 0.1) is 10.4 Å². The van der Waals surface area contributed by atoms with Crippen LogP contribution >= 0.6 is 22.9 Å². The van der Waals surface area contributed by atoms with Crippen molar-refractivity contribution in [3.05, 3.63) is 21.3 Å². The van der Waals surface area contributed by atoms with Gasteiger partial charge in [0.1, 0.15) is 0 Å². The van der Waals surface area contributed by atoms with Gasteiger partial charge in [-0.25, -0.2) is 0 Å². The van der Waals surface area contributed by atoms with E-state index in [-0.39, 0.29) is 0 Å². The largest absolute Gasteiger partial charge is 0.377 e. The molecule has 0 saturated carbocycles. The van der Waals surface area contributed by atoms with Crippen LogP contribution in [-0.2, 0) is 4.74 Å². The lowest BCUT2D eigenvalue weighted by Crippen LogP contribution is -2.29. The highest BCUT2D eigenvalue weighted by atomic mass is 35.5. The van der Waals surface area contributed by atoms with Crippen molar-refractivity contribution in [1.29, 1.82) is 0 Å². The predicted molar refractivity (Wildman–Crippen MR) is 69.3 cm³/mol. The van der Waals surface area contributed by atoms with Crippen molar-refractivity contribution in [2.75, 3.05) is 13.2 Å². The van der Waals surface area contributed by atoms with Crippen LogP contribution in [-0.4, -0.2) is 19.3 Å². The average Bonchev–Trinajstić information content (AvgIpc) is 2.91. The summed E-state index contributed by atoms with van der Waals surface area (Å²) in [6, 6.07) is 4.50. The summed E-state index contributed by atoms with van der Waals surface area (Å²) in [4.78, 5) is 1.32. The number of thiophene rings is 1. The molecule has 1 aromatic rings. The normalized spacial score (nSPS) is 22.5. The molecular formula is C12H18ClNOS. The second kappa shape index (κ2) is 6.01. The van der Waals surface area contributed by atoms with Gasteiger partial charge in [-0.05, 0) is 31.4 Å². The van der Waals surface area contributed by atoms with Crippen molar-refractivity contribution in [2.24, 2.45) is 0 Å². The molecule has 1 aliphatic heterocycles. The Hall–Kier alpha value is -0.0900. The summed E-state index contributed by atoms with van der Waals surface area (Å²) in [6.07, 6.45) is 3.89. The third-order valence-corrected chi connectivity index (χ3v) is 4.31. The van der Waals surface area contributed by atoms with Crippen LogP contribution in [0.15, 0.2) is 12.1 Å². The summed E-state index contributed by atoms with van der Waals surface area (Å²) < 4.78 is 6.47. The Labute approximate surface area is 106 Å². The van der Waals surface area contributed by atoms with E-state index in [1.165, 1.54) is 17.7 Å². The van der Waals surface area contributed by atoms with Crippen LogP contribution in [0.1, 0.15) is 37.1 Å². The Morgan fingerprint density at radius 2 is 2.50 bits per heavy atom. The Kier molecular flexibility index (Phi) is 4.65. The molecule has 0 amide bonds. The lowest BCUT2D eigenvalue weighted by molar-refractivity contribution is 0.107. The molecule has 1 N–H and O–H groups in total. The number of hydrogen-bond donors (Lipinski definition) is 1. The molecule has 0 spiro atoms. The number of rotatable bonds is 5. The van der Waals surface area contributed by atoms with Crippen molar-refractivity contribution < 1.29 is 4.74 Å². The third kappa shape index (κ3) is 3.20. The van der Waals surface area contributed by atoms with Crippen molar-refractivity contribution in [3.8, 4) is 0 Å². The first kappa shape index (κ1) is 12.4. The first-order valence-electron chi connectivity index (χ1n) is 5.90. The highest BCUT2D eigenvalue weighted by Crippen LogP contribution is 2.28. The Balaban J connectivity index is 1.85. The number of hydrogen-bond acceptors (Lipinski definition) is 3. The number of halogens is 1. The Bertz CT molecular complexity index is 323. The highest BCUT2D eigenvalue weighted by Gasteiger charge is 2.18. The second-order valence-electron chi connectivity index (χ2n) is 4.15. The van der Waals surface area contributed by atoms with Crippen LogP contribution in [0.3, 0.4) is 0 Å². The van der Waals surface area contributed by atoms with E-state index in [9.17, 15) is 0 Å². The van der Waals surface area contributed by atoms with Gasteiger partial charge in [-0.1, -0.05) is 18.5 Å². The molecule has 2 nitrogen and oxygen atoms in total. The van der Waals surface area contributed by atoms with E-state index in [2.05, 4.69) is 18.3 Å². The minimum atomic E-state index is 0.407. The van der Waals surface area contributed by atoms with Crippen LogP contribution in [0.5, 0.6) is 0 Å². The summed E-state index contributed by atoms with van der Waals surface area (Å²) in [5.41, 5.74) is 0. The van der Waals surface area contributed by atoms with E-state index < -0.39 is 0 Å². The van der Waals surface area contributed by atoms with Gasteiger partial charge >= 0.3 is 0 Å². The molecule has 1 aromatic heterocycles. The van der Waals surface area contributed by atoms with E-state index >= 15 is 0 Å². The van der Waals surface area contributed by atoms with Gasteiger partial charge in [-0.3, -0.25) is 0 Å². The first-order chi connectivity index (χ1) is 7.79. The molecule has 2 unspecified atom stereocenters. The van der Waals surface area contributed by atoms with Crippen molar-refractivity contribution >= 4 is 22.9 Å². The van der Waals surface area contributed by atoms with Crippen LogP contribution in [0.4, 0.5) is 0 Å². The zero-order chi connectivity index (χ0) is 11.4. The molecule has 0 aromatic carbocycles. The molecule has 0 bridgehead atoms. The van der Waals surface area contributed by atoms with Crippen LogP contribution in [0.2, 0.25) is 4.34 Å². The summed E-state index contributed by atoms with van der Waals surface area (Å²) in [5, 5.41) is 3.57. The molecule has 1 fully saturated rings. The molecule has 0 radical (unpaired) electrons. The van der Waals surface area contributed by atoms with Gasteiger partial charge in [0.25, 0.3) is 0 Å². The first-order valence-corrected chi connectivity index (χ1v) is 7.09. The molecule has 0 aliphatic carbocycles. The quantitative estimate of drug-likeness (QED) is 0.872. The zero-order valence-electron chi connectivity index (χ0n) is 9.54. The van der Waals surface area contributed by atoms with E-state index in [1.54, 1.807) is 11.3 Å². The van der Waals surface area contributed by atoms with E-state index in [0.29, 0.717) is 12.1 Å². The number of ether oxygens (including phenoxy) is 1. The number of nitrogens with one attached hydrogen (secondary N) is 1. The SMILES string of the molecule is CCC(NCC1CCCO1)c1ccc(Cl)s1. The maximum Gasteiger partial charge on any atom is 0.0931 e. The van der Waals surface area contributed by atoms with Gasteiger partial charge in [0, 0.05) is 24.1 Å². The molecular weight excluding hydrogens is 242 g/mol. The van der Waals surface area contributed by atoms with Crippen molar-refractivity contribution in [3.63, 3.8) is 0 Å². The van der Waals surface area contributed by atoms with Gasteiger partial charge in [-0.2, -0.15) is 0 Å². The van der Waals surface area contributed by atoms with Gasteiger partial charge in [-0.15, -0.1) is 11.3 Å². The van der Waals surface area contributed by atoms with Crippen molar-refractivity contribution in [2.45, 2.75) is 38.3 Å². The Morgan fingerprint density at radius 3 is 3.06 bits per heavy atom. The zero-order valence-corrected chi connectivity index (χ0v) is 11.1. The van der Waals surface area contributed by atoms with Crippen LogP contribution in [0.25, 0.3) is 0 Å². The van der Waals surface area contributed by atoms with Gasteiger partial charge in [0.2, 0.25) is 0 Å². The molecule has 2 rings (SSSR count). The van der Waals surface area contributed by atoms with Crippen LogP contribution in [0, 0.1) is 0 Å². The van der Waals surface area contributed by atoms with Gasteiger partial charge < -0.3 is 10.1 Å². The summed E-state index contributed by atoms with van der Waals surface area (Å²) in [5.74, 6) is 0. The minimum Gasteiger partial charge on any atom is -0.377 e. The molecule has 1 saturated heterocycles. The van der Waals surface area contributed by atoms with E-state index in [4.69, 9.17) is 16.3 Å². The summed E-state index contributed by atoms with van der Waals surface area (Å²) in [7, 11) is 0. The second-order valence-corrected chi connectivity index (χ2v) is 5.89. The minimum absolute atomic E-state index is 0.407. The van der Waals surface area contributed by atoms with E-state index in [1.807, 2.05) is 6.07 Å². The molecule has 2 heterocycles. The maximum atomic E-state index is 5.95. The standard InChI is InChI=1S/C12H18ClNOS/c1-2-10(11-5-6-12(13)16-11)14-8-9-4-3-7-15-9/h5-6,9-10,14H,2-4,7-8H2,1H3. The fourth-order valence-electron chi connectivity index (χ4n) is 2.04. The van der Waals surface area contributed by atoms with Gasteiger partial charge in [0.15, 0.2) is 0 Å². The third-order valence-electron chi connectivity index (χ3n) is 2.96. The molecule has 90 valence electrons. The van der Waals surface area contributed by atoms with E-state index in [0.717, 1.165) is 23.9 Å². The smallest absolute Gasteiger partial charge is 0.0931 e. The summed E-state index contributed by atoms with van der Waals surface area (Å²) in [6.45, 7) is 4.07. The highest BCUT2D eigenvalue weighted by molar-refractivity contribution is 7.16. The fourth-order valence-corrected chi connectivity index (χ4v) is 3.26. The maximum absolute atomic E-state index is 5.95. The fraction of sp³-hybridized carbons (Fsp3) is 0.667. The topological polar surface area (TPSA) is 21.3 Å². The summed E-state index contributed by atoms with van der Waals surface area (Å²) >= 11 is 7.62. The molecule has 16 heavy (non-hydrogen) atoms. The van der Waals surface area contributed by atoms with Crippen LogP contribution < -0.4 is 5.32 Å². The van der Waals surface area contributed by atoms with Crippen molar-refractivity contribution in [1.82, 2.24) is 5.32 Å². The average molecular weight is 260 g/mol.